The summed E-state index contributed by atoms with van der Waals surface area (Å²) >= 11 is 0. The van der Waals surface area contributed by atoms with Gasteiger partial charge in [-0.1, -0.05) is 6.07 Å². The van der Waals surface area contributed by atoms with E-state index in [9.17, 15) is 9.90 Å². The third kappa shape index (κ3) is 2.17. The molecule has 1 fully saturated rings. The van der Waals surface area contributed by atoms with Gasteiger partial charge in [0.2, 0.25) is 5.91 Å². The Labute approximate surface area is 125 Å². The summed E-state index contributed by atoms with van der Waals surface area (Å²) in [6.07, 6.45) is 1.16. The predicted octanol–water partition coefficient (Wildman–Crippen LogP) is 2.54. The second kappa shape index (κ2) is 5.11. The Morgan fingerprint density at radius 2 is 2.24 bits per heavy atom. The Morgan fingerprint density at radius 1 is 1.48 bits per heavy atom. The molecule has 0 bridgehead atoms. The maximum absolute atomic E-state index is 12.5. The van der Waals surface area contributed by atoms with E-state index >= 15 is 0 Å². The molecule has 2 unspecified atom stereocenters. The van der Waals surface area contributed by atoms with Gasteiger partial charge in [0, 0.05) is 18.8 Å². The van der Waals surface area contributed by atoms with Crippen LogP contribution in [0, 0.1) is 0 Å². The molecule has 0 aromatic heterocycles. The summed E-state index contributed by atoms with van der Waals surface area (Å²) in [5, 5.41) is 10.5. The zero-order valence-corrected chi connectivity index (χ0v) is 12.9. The molecule has 0 radical (unpaired) electrons. The molecule has 1 N–H and O–H groups in total. The normalized spacial score (nSPS) is 25.2. The molecule has 4 nitrogen and oxygen atoms in total. The number of likely N-dealkylation sites (N-methyl/N-ethyl adjacent to an activating group) is 1. The van der Waals surface area contributed by atoms with Gasteiger partial charge < -0.3 is 14.7 Å². The maximum atomic E-state index is 12.5. The minimum Gasteiger partial charge on any atom is -0.386 e. The van der Waals surface area contributed by atoms with Gasteiger partial charge in [-0.3, -0.25) is 4.79 Å². The van der Waals surface area contributed by atoms with Gasteiger partial charge in [0.05, 0.1) is 11.5 Å². The Morgan fingerprint density at radius 3 is 2.86 bits per heavy atom. The van der Waals surface area contributed by atoms with Crippen LogP contribution in [-0.4, -0.2) is 30.3 Å². The van der Waals surface area contributed by atoms with Crippen LogP contribution in [0.15, 0.2) is 18.2 Å². The summed E-state index contributed by atoms with van der Waals surface area (Å²) in [5.74, 6) is 0.128. The number of carbonyl (C=O) groups is 1. The van der Waals surface area contributed by atoms with E-state index in [0.29, 0.717) is 6.54 Å². The number of amides is 1. The number of hydrogen-bond acceptors (Lipinski definition) is 3. The van der Waals surface area contributed by atoms with E-state index in [2.05, 4.69) is 0 Å². The summed E-state index contributed by atoms with van der Waals surface area (Å²) in [4.78, 5) is 14.3. The molecule has 2 heterocycles. The summed E-state index contributed by atoms with van der Waals surface area (Å²) in [6, 6.07) is 5.86. The maximum Gasteiger partial charge on any atom is 0.237 e. The lowest BCUT2D eigenvalue weighted by Crippen LogP contribution is -2.35. The van der Waals surface area contributed by atoms with E-state index in [1.165, 1.54) is 0 Å². The second-order valence-corrected chi connectivity index (χ2v) is 6.45. The van der Waals surface area contributed by atoms with Crippen molar-refractivity contribution in [1.82, 2.24) is 0 Å². The van der Waals surface area contributed by atoms with Gasteiger partial charge in [-0.2, -0.15) is 0 Å². The molecule has 0 spiro atoms. The van der Waals surface area contributed by atoms with Crippen LogP contribution in [0.5, 0.6) is 0 Å². The molecule has 3 rings (SSSR count). The Bertz CT molecular complexity index is 561. The number of carbonyl (C=O) groups excluding carboxylic acids is 1. The van der Waals surface area contributed by atoms with E-state index in [4.69, 9.17) is 4.74 Å². The lowest BCUT2D eigenvalue weighted by molar-refractivity contribution is -0.122. The highest BCUT2D eigenvalue weighted by molar-refractivity contribution is 6.07. The minimum absolute atomic E-state index is 0.120. The topological polar surface area (TPSA) is 49.8 Å². The number of rotatable bonds is 3. The van der Waals surface area contributed by atoms with Crippen molar-refractivity contribution in [3.8, 4) is 0 Å². The van der Waals surface area contributed by atoms with Crippen molar-refractivity contribution < 1.29 is 14.6 Å². The Hall–Kier alpha value is -1.39. The highest BCUT2D eigenvalue weighted by atomic mass is 16.5. The molecule has 21 heavy (non-hydrogen) atoms. The molecule has 1 amide bonds. The lowest BCUT2D eigenvalue weighted by atomic mass is 9.84. The zero-order valence-electron chi connectivity index (χ0n) is 12.9. The quantitative estimate of drug-likeness (QED) is 0.930. The largest absolute Gasteiger partial charge is 0.386 e. The van der Waals surface area contributed by atoms with Crippen LogP contribution < -0.4 is 4.90 Å². The lowest BCUT2D eigenvalue weighted by Gasteiger charge is -2.20. The molecule has 2 atom stereocenters. The number of anilines is 1. The summed E-state index contributed by atoms with van der Waals surface area (Å²) < 4.78 is 5.58. The number of hydrogen-bond donors (Lipinski definition) is 1. The molecule has 0 saturated carbocycles. The van der Waals surface area contributed by atoms with Crippen molar-refractivity contribution in [2.75, 3.05) is 18.1 Å². The second-order valence-electron chi connectivity index (χ2n) is 6.45. The van der Waals surface area contributed by atoms with Crippen LogP contribution in [0.2, 0.25) is 0 Å². The number of fused-ring (bicyclic) bond motifs is 1. The summed E-state index contributed by atoms with van der Waals surface area (Å²) in [6.45, 7) is 7.28. The number of ether oxygens (including phenoxy) is 1. The first-order valence-electron chi connectivity index (χ1n) is 7.73. The van der Waals surface area contributed by atoms with Gasteiger partial charge in [0.25, 0.3) is 0 Å². The molecule has 2 aliphatic rings. The molecule has 1 aromatic carbocycles. The molecule has 114 valence electrons. The molecule has 1 saturated heterocycles. The predicted molar refractivity (Wildman–Crippen MR) is 81.4 cm³/mol. The first kappa shape index (κ1) is 14.5. The van der Waals surface area contributed by atoms with Crippen LogP contribution in [0.1, 0.15) is 50.8 Å². The van der Waals surface area contributed by atoms with Crippen molar-refractivity contribution in [3.05, 3.63) is 29.3 Å². The van der Waals surface area contributed by atoms with Crippen molar-refractivity contribution in [3.63, 3.8) is 0 Å². The average Bonchev–Trinajstić information content (AvgIpc) is 3.06. The van der Waals surface area contributed by atoms with Crippen molar-refractivity contribution >= 4 is 11.6 Å². The highest BCUT2D eigenvalue weighted by Crippen LogP contribution is 2.43. The van der Waals surface area contributed by atoms with Crippen molar-refractivity contribution in [1.29, 1.82) is 0 Å². The zero-order chi connectivity index (χ0) is 15.2. The highest BCUT2D eigenvalue weighted by Gasteiger charge is 2.43. The van der Waals surface area contributed by atoms with Gasteiger partial charge in [-0.25, -0.2) is 0 Å². The number of aliphatic hydroxyl groups excluding tert-OH is 1. The van der Waals surface area contributed by atoms with Crippen LogP contribution >= 0.6 is 0 Å². The molecular weight excluding hydrogens is 266 g/mol. The van der Waals surface area contributed by atoms with Gasteiger partial charge in [-0.15, -0.1) is 0 Å². The first-order chi connectivity index (χ1) is 9.96. The first-order valence-corrected chi connectivity index (χ1v) is 7.73. The third-order valence-corrected chi connectivity index (χ3v) is 4.74. The summed E-state index contributed by atoms with van der Waals surface area (Å²) in [5.41, 5.74) is 2.29. The fourth-order valence-corrected chi connectivity index (χ4v) is 3.42. The van der Waals surface area contributed by atoms with Gasteiger partial charge in [0.1, 0.15) is 6.10 Å². The van der Waals surface area contributed by atoms with Gasteiger partial charge >= 0.3 is 0 Å². The average molecular weight is 289 g/mol. The van der Waals surface area contributed by atoms with Crippen molar-refractivity contribution in [2.45, 2.75) is 51.2 Å². The monoisotopic (exact) mass is 289 g/mol. The number of nitrogens with zero attached hydrogens (tertiary/aromatic N) is 1. The van der Waals surface area contributed by atoms with Crippen LogP contribution in [0.4, 0.5) is 5.69 Å². The SMILES string of the molecule is CCN1C(=O)C(C)(C)c2cc(C(O)C3CCCO3)ccc21. The Kier molecular flexibility index (Phi) is 3.54. The fourth-order valence-electron chi connectivity index (χ4n) is 3.42. The van der Waals surface area contributed by atoms with E-state index < -0.39 is 11.5 Å². The molecule has 2 aliphatic heterocycles. The van der Waals surface area contributed by atoms with Gasteiger partial charge in [0.15, 0.2) is 0 Å². The van der Waals surface area contributed by atoms with E-state index in [1.807, 2.05) is 43.9 Å². The number of benzene rings is 1. The van der Waals surface area contributed by atoms with Gasteiger partial charge in [-0.05, 0) is 56.9 Å². The Balaban J connectivity index is 1.98. The molecule has 4 heteroatoms. The third-order valence-electron chi connectivity index (χ3n) is 4.74. The van der Waals surface area contributed by atoms with Crippen molar-refractivity contribution in [2.24, 2.45) is 0 Å². The minimum atomic E-state index is -0.612. The standard InChI is InChI=1S/C17H23NO3/c1-4-18-13-8-7-11(15(19)14-6-5-9-21-14)10-12(13)17(2,3)16(18)20/h7-8,10,14-15,19H,4-6,9H2,1-3H3. The van der Waals surface area contributed by atoms with E-state index in [-0.39, 0.29) is 12.0 Å². The van der Waals surface area contributed by atoms with Crippen LogP contribution in [-0.2, 0) is 14.9 Å². The van der Waals surface area contributed by atoms with E-state index in [1.54, 1.807) is 0 Å². The molecular formula is C17H23NO3. The molecule has 0 aliphatic carbocycles. The smallest absolute Gasteiger partial charge is 0.237 e. The van der Waals surface area contributed by atoms with Crippen LogP contribution in [0.25, 0.3) is 0 Å². The van der Waals surface area contributed by atoms with Crippen LogP contribution in [0.3, 0.4) is 0 Å². The number of aliphatic hydroxyl groups is 1. The summed E-state index contributed by atoms with van der Waals surface area (Å²) in [7, 11) is 0. The molecule has 1 aromatic rings. The fraction of sp³-hybridized carbons (Fsp3) is 0.588. The van der Waals surface area contributed by atoms with E-state index in [0.717, 1.165) is 36.3 Å².